The van der Waals surface area contributed by atoms with Gasteiger partial charge in [0, 0.05) is 18.7 Å². The maximum atomic E-state index is 12.1. The number of hydrogen-bond donors (Lipinski definition) is 1. The fraction of sp³-hybridized carbons (Fsp3) is 0.500. The largest absolute Gasteiger partial charge is 0.452 e. The minimum absolute atomic E-state index is 0.0798. The Hall–Kier alpha value is -2.88. The number of nitrogens with one attached hydrogen (secondary N) is 1. The van der Waals surface area contributed by atoms with E-state index >= 15 is 0 Å². The van der Waals surface area contributed by atoms with Crippen molar-refractivity contribution in [2.24, 2.45) is 0 Å². The van der Waals surface area contributed by atoms with Crippen molar-refractivity contribution in [2.45, 2.75) is 50.5 Å². The molecule has 0 radical (unpaired) electrons. The van der Waals surface area contributed by atoms with Gasteiger partial charge in [0.1, 0.15) is 5.54 Å². The molecule has 1 N–H and O–H groups in total. The van der Waals surface area contributed by atoms with Gasteiger partial charge in [-0.2, -0.15) is 5.26 Å². The van der Waals surface area contributed by atoms with Gasteiger partial charge in [-0.05, 0) is 43.5 Å². The second-order valence-electron chi connectivity index (χ2n) is 7.07. The molecule has 1 saturated carbocycles. The van der Waals surface area contributed by atoms with Gasteiger partial charge in [0.15, 0.2) is 6.61 Å². The Morgan fingerprint density at radius 2 is 1.85 bits per heavy atom. The van der Waals surface area contributed by atoms with Crippen LogP contribution in [0.4, 0.5) is 5.69 Å². The van der Waals surface area contributed by atoms with Crippen molar-refractivity contribution in [3.63, 3.8) is 0 Å². The number of nitriles is 1. The van der Waals surface area contributed by atoms with Gasteiger partial charge in [0.25, 0.3) is 5.91 Å². The van der Waals surface area contributed by atoms with E-state index in [0.29, 0.717) is 31.4 Å². The second kappa shape index (κ2) is 8.21. The Kier molecular flexibility index (Phi) is 5.75. The number of carbonyl (C=O) groups excluding carboxylic acids is 3. The first-order valence-corrected chi connectivity index (χ1v) is 9.33. The summed E-state index contributed by atoms with van der Waals surface area (Å²) < 4.78 is 5.07. The normalized spacial score (nSPS) is 18.6. The first kappa shape index (κ1) is 18.9. The molecule has 142 valence electrons. The molecule has 1 heterocycles. The predicted octanol–water partition coefficient (Wildman–Crippen LogP) is 2.31. The number of rotatable bonds is 5. The Morgan fingerprint density at radius 1 is 1.15 bits per heavy atom. The average Bonchev–Trinajstić information content (AvgIpc) is 3.13. The highest BCUT2D eigenvalue weighted by Gasteiger charge is 2.33. The van der Waals surface area contributed by atoms with Crippen LogP contribution in [-0.4, -0.2) is 36.5 Å². The lowest BCUT2D eigenvalue weighted by Gasteiger charge is -2.31. The van der Waals surface area contributed by atoms with Crippen molar-refractivity contribution < 1.29 is 19.1 Å². The van der Waals surface area contributed by atoms with Crippen LogP contribution in [0.3, 0.4) is 0 Å². The zero-order valence-electron chi connectivity index (χ0n) is 15.2. The van der Waals surface area contributed by atoms with Crippen molar-refractivity contribution >= 4 is 23.5 Å². The average molecular weight is 369 g/mol. The minimum atomic E-state index is -0.842. The van der Waals surface area contributed by atoms with E-state index in [1.807, 2.05) is 0 Å². The summed E-state index contributed by atoms with van der Waals surface area (Å²) in [6.45, 7) is 0.262. The number of benzene rings is 1. The van der Waals surface area contributed by atoms with Crippen molar-refractivity contribution in [3.05, 3.63) is 29.8 Å². The third-order valence-electron chi connectivity index (χ3n) is 5.12. The predicted molar refractivity (Wildman–Crippen MR) is 97.9 cm³/mol. The van der Waals surface area contributed by atoms with E-state index in [1.54, 1.807) is 29.2 Å². The molecule has 0 aromatic heterocycles. The Morgan fingerprint density at radius 3 is 2.44 bits per heavy atom. The maximum absolute atomic E-state index is 12.1. The number of esters is 1. The highest BCUT2D eigenvalue weighted by Crippen LogP contribution is 2.27. The van der Waals surface area contributed by atoms with Gasteiger partial charge in [-0.15, -0.1) is 0 Å². The number of amides is 2. The third kappa shape index (κ3) is 4.45. The Balaban J connectivity index is 1.52. The van der Waals surface area contributed by atoms with Crippen molar-refractivity contribution in [3.8, 4) is 6.07 Å². The maximum Gasteiger partial charge on any atom is 0.338 e. The first-order chi connectivity index (χ1) is 13.0. The number of carbonyl (C=O) groups is 3. The molecule has 1 aliphatic carbocycles. The summed E-state index contributed by atoms with van der Waals surface area (Å²) in [5.41, 5.74) is 0.219. The molecule has 7 heteroatoms. The van der Waals surface area contributed by atoms with Crippen LogP contribution in [0.5, 0.6) is 0 Å². The number of nitrogens with zero attached hydrogens (tertiary/aromatic N) is 2. The summed E-state index contributed by atoms with van der Waals surface area (Å²) in [6, 6.07) is 8.77. The van der Waals surface area contributed by atoms with Crippen LogP contribution in [0.2, 0.25) is 0 Å². The zero-order chi connectivity index (χ0) is 19.3. The topological polar surface area (TPSA) is 99.5 Å². The number of anilines is 1. The van der Waals surface area contributed by atoms with Gasteiger partial charge in [-0.25, -0.2) is 4.79 Å². The summed E-state index contributed by atoms with van der Waals surface area (Å²) in [5.74, 6) is -0.999. The van der Waals surface area contributed by atoms with Crippen LogP contribution in [0, 0.1) is 11.3 Å². The van der Waals surface area contributed by atoms with Crippen molar-refractivity contribution in [1.29, 1.82) is 5.26 Å². The summed E-state index contributed by atoms with van der Waals surface area (Å²) >= 11 is 0. The second-order valence-corrected chi connectivity index (χ2v) is 7.07. The molecule has 0 bridgehead atoms. The molecule has 2 fully saturated rings. The number of ether oxygens (including phenoxy) is 1. The molecular formula is C20H23N3O4. The smallest absolute Gasteiger partial charge is 0.338 e. The van der Waals surface area contributed by atoms with Crippen LogP contribution < -0.4 is 10.2 Å². The van der Waals surface area contributed by atoms with Gasteiger partial charge >= 0.3 is 5.97 Å². The molecule has 1 aromatic rings. The molecule has 0 atom stereocenters. The van der Waals surface area contributed by atoms with Gasteiger partial charge in [-0.3, -0.25) is 9.59 Å². The molecule has 3 rings (SSSR count). The van der Waals surface area contributed by atoms with Gasteiger partial charge in [-0.1, -0.05) is 19.3 Å². The SMILES string of the molecule is N#CC1(NC(=O)COC(=O)c2ccc(N3CCCC3=O)cc2)CCCCC1. The molecule has 0 spiro atoms. The van der Waals surface area contributed by atoms with E-state index in [4.69, 9.17) is 4.74 Å². The molecule has 27 heavy (non-hydrogen) atoms. The fourth-order valence-corrected chi connectivity index (χ4v) is 3.64. The van der Waals surface area contributed by atoms with E-state index in [0.717, 1.165) is 31.4 Å². The fourth-order valence-electron chi connectivity index (χ4n) is 3.64. The number of hydrogen-bond acceptors (Lipinski definition) is 5. The molecule has 1 aliphatic heterocycles. The Labute approximate surface area is 158 Å². The third-order valence-corrected chi connectivity index (χ3v) is 5.12. The van der Waals surface area contributed by atoms with Gasteiger partial charge in [0.05, 0.1) is 11.6 Å². The van der Waals surface area contributed by atoms with Gasteiger partial charge in [0.2, 0.25) is 5.91 Å². The van der Waals surface area contributed by atoms with Gasteiger partial charge < -0.3 is 15.0 Å². The van der Waals surface area contributed by atoms with Crippen LogP contribution >= 0.6 is 0 Å². The molecule has 1 aromatic carbocycles. The summed E-state index contributed by atoms with van der Waals surface area (Å²) in [5, 5.41) is 12.1. The summed E-state index contributed by atoms with van der Waals surface area (Å²) in [6.07, 6.45) is 5.50. The highest BCUT2D eigenvalue weighted by atomic mass is 16.5. The van der Waals surface area contributed by atoms with E-state index in [-0.39, 0.29) is 5.91 Å². The summed E-state index contributed by atoms with van der Waals surface area (Å²) in [7, 11) is 0. The van der Waals surface area contributed by atoms with E-state index in [9.17, 15) is 19.6 Å². The van der Waals surface area contributed by atoms with E-state index < -0.39 is 24.0 Å². The summed E-state index contributed by atoms with van der Waals surface area (Å²) in [4.78, 5) is 37.7. The lowest BCUT2D eigenvalue weighted by molar-refractivity contribution is -0.126. The van der Waals surface area contributed by atoms with E-state index in [2.05, 4.69) is 11.4 Å². The molecular weight excluding hydrogens is 346 g/mol. The van der Waals surface area contributed by atoms with Crippen molar-refractivity contribution in [2.75, 3.05) is 18.1 Å². The monoisotopic (exact) mass is 369 g/mol. The van der Waals surface area contributed by atoms with Crippen LogP contribution in [0.1, 0.15) is 55.3 Å². The molecule has 2 amide bonds. The zero-order valence-corrected chi connectivity index (χ0v) is 15.2. The first-order valence-electron chi connectivity index (χ1n) is 9.33. The molecule has 1 saturated heterocycles. The Bertz CT molecular complexity index is 760. The molecule has 7 nitrogen and oxygen atoms in total. The van der Waals surface area contributed by atoms with Crippen LogP contribution in [-0.2, 0) is 14.3 Å². The highest BCUT2D eigenvalue weighted by molar-refractivity contribution is 5.96. The standard InChI is InChI=1S/C20H23N3O4/c21-14-20(10-2-1-3-11-20)22-17(24)13-27-19(26)15-6-8-16(9-7-15)23-12-4-5-18(23)25/h6-9H,1-5,10-13H2,(H,22,24). The molecule has 0 unspecified atom stereocenters. The van der Waals surface area contributed by atoms with Crippen LogP contribution in [0.15, 0.2) is 24.3 Å². The van der Waals surface area contributed by atoms with E-state index in [1.165, 1.54) is 0 Å². The van der Waals surface area contributed by atoms with Crippen LogP contribution in [0.25, 0.3) is 0 Å². The quantitative estimate of drug-likeness (QED) is 0.803. The van der Waals surface area contributed by atoms with Crippen molar-refractivity contribution in [1.82, 2.24) is 5.32 Å². The lowest BCUT2D eigenvalue weighted by atomic mass is 9.83. The minimum Gasteiger partial charge on any atom is -0.452 e. The molecule has 2 aliphatic rings. The lowest BCUT2D eigenvalue weighted by Crippen LogP contribution is -2.50.